The summed E-state index contributed by atoms with van der Waals surface area (Å²) in [5, 5.41) is 12.9. The highest BCUT2D eigenvalue weighted by Crippen LogP contribution is 2.34. The van der Waals surface area contributed by atoms with Gasteiger partial charge in [-0.05, 0) is 0 Å². The third-order valence-corrected chi connectivity index (χ3v) is 1.47. The monoisotopic (exact) mass is 232 g/mol. The molecule has 1 heterocycles. The van der Waals surface area contributed by atoms with Gasteiger partial charge in [-0.15, -0.1) is 5.10 Å². The van der Waals surface area contributed by atoms with E-state index in [0.717, 1.165) is 0 Å². The Morgan fingerprint density at radius 3 is 2.40 bits per heavy atom. The average molecular weight is 232 g/mol. The van der Waals surface area contributed by atoms with Crippen LogP contribution in [0.25, 0.3) is 0 Å². The summed E-state index contributed by atoms with van der Waals surface area (Å²) in [5.41, 5.74) is -2.25. The molecule has 0 saturated carbocycles. The van der Waals surface area contributed by atoms with E-state index in [1.165, 1.54) is 5.10 Å². The van der Waals surface area contributed by atoms with Gasteiger partial charge in [-0.25, -0.2) is 0 Å². The first-order valence-electron chi connectivity index (χ1n) is 3.56. The molecule has 1 rings (SSSR count). The van der Waals surface area contributed by atoms with E-state index in [1.807, 2.05) is 0 Å². The summed E-state index contributed by atoms with van der Waals surface area (Å²) in [6.07, 6.45) is -4.81. The highest BCUT2D eigenvalue weighted by molar-refractivity contribution is 5.31. The molecule has 0 atom stereocenters. The number of ether oxygens (including phenoxy) is 1. The zero-order chi connectivity index (χ0) is 11.6. The molecule has 0 bridgehead atoms. The van der Waals surface area contributed by atoms with Crippen LogP contribution in [0.3, 0.4) is 0 Å². The highest BCUT2D eigenvalue weighted by Gasteiger charge is 2.37. The molecule has 0 radical (unpaired) electrons. The molecule has 0 fully saturated rings. The van der Waals surface area contributed by atoms with Gasteiger partial charge < -0.3 is 9.84 Å². The number of hydrogen-bond donors (Lipinski definition) is 2. The zero-order valence-electron chi connectivity index (χ0n) is 6.98. The van der Waals surface area contributed by atoms with Crippen molar-refractivity contribution in [2.24, 2.45) is 0 Å². The second-order valence-electron chi connectivity index (χ2n) is 2.42. The molecule has 9 heteroatoms. The van der Waals surface area contributed by atoms with Crippen molar-refractivity contribution in [3.8, 4) is 5.88 Å². The van der Waals surface area contributed by atoms with Gasteiger partial charge in [0.15, 0.2) is 0 Å². The molecule has 0 amide bonds. The highest BCUT2D eigenvalue weighted by atomic mass is 19.4. The molecule has 86 valence electrons. The van der Waals surface area contributed by atoms with Crippen LogP contribution in [0.2, 0.25) is 0 Å². The normalized spacial score (nSPS) is 12.2. The number of alkyl halides is 5. The number of aromatic nitrogens is 2. The van der Waals surface area contributed by atoms with Crippen molar-refractivity contribution >= 4 is 0 Å². The van der Waals surface area contributed by atoms with Gasteiger partial charge in [0.25, 0.3) is 0 Å². The fourth-order valence-electron chi connectivity index (χ4n) is 0.912. The summed E-state index contributed by atoms with van der Waals surface area (Å²) in [4.78, 5) is 0. The topological polar surface area (TPSA) is 58.1 Å². The smallest absolute Gasteiger partial charge is 0.415 e. The molecule has 0 unspecified atom stereocenters. The SMILES string of the molecule is OCc1c(OC(F)F)n[nH]c1C(F)(F)F. The van der Waals surface area contributed by atoms with E-state index in [4.69, 9.17) is 5.11 Å². The van der Waals surface area contributed by atoms with Gasteiger partial charge in [-0.1, -0.05) is 0 Å². The number of aliphatic hydroxyl groups excluding tert-OH is 1. The number of hydrogen-bond acceptors (Lipinski definition) is 3. The molecule has 0 spiro atoms. The number of halogens is 5. The Hall–Kier alpha value is -1.38. The van der Waals surface area contributed by atoms with Gasteiger partial charge >= 0.3 is 12.8 Å². The van der Waals surface area contributed by atoms with Crippen LogP contribution in [-0.4, -0.2) is 21.9 Å². The molecule has 1 aromatic heterocycles. The number of nitrogens with one attached hydrogen (secondary N) is 1. The van der Waals surface area contributed by atoms with Crippen LogP contribution >= 0.6 is 0 Å². The Bertz CT molecular complexity index is 335. The van der Waals surface area contributed by atoms with Crippen molar-refractivity contribution in [2.75, 3.05) is 0 Å². The minimum atomic E-state index is -4.81. The number of nitrogens with zero attached hydrogens (tertiary/aromatic N) is 1. The predicted molar refractivity (Wildman–Crippen MR) is 36.1 cm³/mol. The molecule has 0 aliphatic carbocycles. The predicted octanol–water partition coefficient (Wildman–Crippen LogP) is 1.52. The molecule has 0 saturated heterocycles. The Morgan fingerprint density at radius 1 is 1.40 bits per heavy atom. The lowest BCUT2D eigenvalue weighted by molar-refractivity contribution is -0.142. The van der Waals surface area contributed by atoms with E-state index in [-0.39, 0.29) is 0 Å². The number of rotatable bonds is 3. The van der Waals surface area contributed by atoms with E-state index in [2.05, 4.69) is 9.84 Å². The summed E-state index contributed by atoms with van der Waals surface area (Å²) in [6.45, 7) is -4.41. The molecule has 1 aromatic rings. The van der Waals surface area contributed by atoms with E-state index in [9.17, 15) is 22.0 Å². The van der Waals surface area contributed by atoms with Crippen molar-refractivity contribution in [1.82, 2.24) is 10.2 Å². The fourth-order valence-corrected chi connectivity index (χ4v) is 0.912. The summed E-state index contributed by atoms with van der Waals surface area (Å²) in [7, 11) is 0. The third kappa shape index (κ3) is 2.55. The van der Waals surface area contributed by atoms with Crippen LogP contribution in [-0.2, 0) is 12.8 Å². The van der Waals surface area contributed by atoms with Crippen LogP contribution < -0.4 is 4.74 Å². The molecule has 0 aliphatic heterocycles. The number of H-pyrrole nitrogens is 1. The van der Waals surface area contributed by atoms with Gasteiger partial charge in [-0.3, -0.25) is 5.10 Å². The lowest BCUT2D eigenvalue weighted by Crippen LogP contribution is -2.10. The van der Waals surface area contributed by atoms with Crippen LogP contribution in [0.5, 0.6) is 5.88 Å². The Morgan fingerprint density at radius 2 is 2.00 bits per heavy atom. The molecular weight excluding hydrogens is 227 g/mol. The van der Waals surface area contributed by atoms with Crippen LogP contribution in [0, 0.1) is 0 Å². The molecule has 2 N–H and O–H groups in total. The molecular formula is C6H5F5N2O2. The summed E-state index contributed by atoms with van der Waals surface area (Å²) >= 11 is 0. The molecule has 0 aliphatic rings. The van der Waals surface area contributed by atoms with E-state index in [1.54, 1.807) is 0 Å². The molecule has 15 heavy (non-hydrogen) atoms. The van der Waals surface area contributed by atoms with Crippen LogP contribution in [0.1, 0.15) is 11.3 Å². The Labute approximate surface area is 79.7 Å². The molecule has 0 aromatic carbocycles. The zero-order valence-corrected chi connectivity index (χ0v) is 6.98. The Balaban J connectivity index is 3.06. The van der Waals surface area contributed by atoms with Gasteiger partial charge in [-0.2, -0.15) is 22.0 Å². The van der Waals surface area contributed by atoms with Gasteiger partial charge in [0.2, 0.25) is 5.88 Å². The van der Waals surface area contributed by atoms with Crippen LogP contribution in [0.4, 0.5) is 22.0 Å². The van der Waals surface area contributed by atoms with Gasteiger partial charge in [0.05, 0.1) is 12.2 Å². The van der Waals surface area contributed by atoms with Gasteiger partial charge in [0, 0.05) is 0 Å². The van der Waals surface area contributed by atoms with Crippen molar-refractivity contribution < 1.29 is 31.8 Å². The van der Waals surface area contributed by atoms with Crippen molar-refractivity contribution in [1.29, 1.82) is 0 Å². The van der Waals surface area contributed by atoms with E-state index >= 15 is 0 Å². The van der Waals surface area contributed by atoms with Crippen LogP contribution in [0.15, 0.2) is 0 Å². The first kappa shape index (κ1) is 11.7. The Kier molecular flexibility index (Phi) is 3.12. The standard InChI is InChI=1S/C6H5F5N2O2/c7-5(8)15-4-2(1-14)3(12-13-4)6(9,10)11/h5,14H,1H2,(H,12,13). The maximum Gasteiger partial charge on any atom is 0.433 e. The van der Waals surface area contributed by atoms with Gasteiger partial charge in [0.1, 0.15) is 5.69 Å². The molecule has 4 nitrogen and oxygen atoms in total. The average Bonchev–Trinajstić information content (AvgIpc) is 2.45. The van der Waals surface area contributed by atoms with Crippen molar-refractivity contribution in [2.45, 2.75) is 19.4 Å². The number of aromatic amines is 1. The maximum absolute atomic E-state index is 12.2. The quantitative estimate of drug-likeness (QED) is 0.777. The fraction of sp³-hybridized carbons (Fsp3) is 0.500. The lowest BCUT2D eigenvalue weighted by atomic mass is 10.2. The second kappa shape index (κ2) is 4.01. The second-order valence-corrected chi connectivity index (χ2v) is 2.42. The van der Waals surface area contributed by atoms with Crippen molar-refractivity contribution in [3.63, 3.8) is 0 Å². The summed E-state index contributed by atoms with van der Waals surface area (Å²) < 4.78 is 63.6. The minimum Gasteiger partial charge on any atom is -0.415 e. The van der Waals surface area contributed by atoms with E-state index in [0.29, 0.717) is 0 Å². The summed E-state index contributed by atoms with van der Waals surface area (Å²) in [5.74, 6) is -0.958. The minimum absolute atomic E-state index is 0.845. The van der Waals surface area contributed by atoms with E-state index < -0.39 is 36.5 Å². The lowest BCUT2D eigenvalue weighted by Gasteiger charge is -2.06. The first-order valence-corrected chi connectivity index (χ1v) is 3.56. The third-order valence-electron chi connectivity index (χ3n) is 1.47. The largest absolute Gasteiger partial charge is 0.433 e. The number of aliphatic hydroxyl groups is 1. The first-order chi connectivity index (χ1) is 6.86. The van der Waals surface area contributed by atoms with Crippen molar-refractivity contribution in [3.05, 3.63) is 11.3 Å². The maximum atomic E-state index is 12.2. The summed E-state index contributed by atoms with van der Waals surface area (Å²) in [6, 6.07) is 0.